The van der Waals surface area contributed by atoms with Gasteiger partial charge in [0.05, 0.1) is 11.5 Å². The van der Waals surface area contributed by atoms with Crippen molar-refractivity contribution in [2.24, 2.45) is 0 Å². The molecule has 122 valence electrons. The zero-order valence-electron chi connectivity index (χ0n) is 12.4. The molecule has 0 fully saturated rings. The normalized spacial score (nSPS) is 12.6. The third-order valence-electron chi connectivity index (χ3n) is 3.03. The first-order chi connectivity index (χ1) is 10.9. The van der Waals surface area contributed by atoms with Crippen LogP contribution in [0.4, 0.5) is 4.39 Å². The van der Waals surface area contributed by atoms with Crippen molar-refractivity contribution in [1.29, 1.82) is 0 Å². The van der Waals surface area contributed by atoms with Crippen molar-refractivity contribution < 1.29 is 22.3 Å². The van der Waals surface area contributed by atoms with E-state index >= 15 is 0 Å². The summed E-state index contributed by atoms with van der Waals surface area (Å²) in [6.07, 6.45) is 0. The van der Waals surface area contributed by atoms with Gasteiger partial charge in [-0.25, -0.2) is 17.6 Å². The minimum atomic E-state index is -4.08. The van der Waals surface area contributed by atoms with Crippen molar-refractivity contribution in [3.05, 3.63) is 66.0 Å². The van der Waals surface area contributed by atoms with Gasteiger partial charge in [-0.3, -0.25) is 0 Å². The van der Waals surface area contributed by atoms with Crippen LogP contribution in [0.15, 0.2) is 59.5 Å². The van der Waals surface area contributed by atoms with E-state index in [1.807, 2.05) is 0 Å². The van der Waals surface area contributed by atoms with E-state index in [1.165, 1.54) is 12.1 Å². The predicted octanol–water partition coefficient (Wildman–Crippen LogP) is 2.41. The SMILES string of the molecule is CCOC(=O)C(NS(=O)(=O)c1cccc(F)c1)c1ccccc1. The van der Waals surface area contributed by atoms with Gasteiger partial charge in [-0.2, -0.15) is 4.72 Å². The zero-order valence-corrected chi connectivity index (χ0v) is 13.2. The van der Waals surface area contributed by atoms with E-state index in [9.17, 15) is 17.6 Å². The van der Waals surface area contributed by atoms with Gasteiger partial charge in [0.15, 0.2) is 0 Å². The van der Waals surface area contributed by atoms with Gasteiger partial charge in [0.25, 0.3) is 0 Å². The highest BCUT2D eigenvalue weighted by atomic mass is 32.2. The second-order valence-corrected chi connectivity index (χ2v) is 6.39. The lowest BCUT2D eigenvalue weighted by molar-refractivity contribution is -0.145. The molecule has 23 heavy (non-hydrogen) atoms. The number of carbonyl (C=O) groups is 1. The Balaban J connectivity index is 2.35. The molecule has 0 radical (unpaired) electrons. The average Bonchev–Trinajstić information content (AvgIpc) is 2.54. The van der Waals surface area contributed by atoms with Crippen LogP contribution in [-0.2, 0) is 19.6 Å². The summed E-state index contributed by atoms with van der Waals surface area (Å²) < 4.78 is 45.2. The van der Waals surface area contributed by atoms with Gasteiger partial charge < -0.3 is 4.74 Å². The molecule has 5 nitrogen and oxygen atoms in total. The Morgan fingerprint density at radius 3 is 2.48 bits per heavy atom. The van der Waals surface area contributed by atoms with Gasteiger partial charge in [-0.1, -0.05) is 36.4 Å². The molecular weight excluding hydrogens is 321 g/mol. The molecule has 1 N–H and O–H groups in total. The molecule has 0 bridgehead atoms. The maximum atomic E-state index is 13.3. The standard InChI is InChI=1S/C16H16FNO4S/c1-2-22-16(19)15(12-7-4-3-5-8-12)18-23(20,21)14-10-6-9-13(17)11-14/h3-11,15,18H,2H2,1H3. The van der Waals surface area contributed by atoms with Crippen molar-refractivity contribution >= 4 is 16.0 Å². The van der Waals surface area contributed by atoms with Crippen molar-refractivity contribution in [2.75, 3.05) is 6.61 Å². The van der Waals surface area contributed by atoms with Crippen LogP contribution in [0.25, 0.3) is 0 Å². The van der Waals surface area contributed by atoms with Gasteiger partial charge in [-0.15, -0.1) is 0 Å². The molecule has 0 saturated heterocycles. The fourth-order valence-corrected chi connectivity index (χ4v) is 3.18. The first-order valence-electron chi connectivity index (χ1n) is 6.93. The van der Waals surface area contributed by atoms with Crippen LogP contribution < -0.4 is 4.72 Å². The van der Waals surface area contributed by atoms with E-state index in [0.717, 1.165) is 12.1 Å². The third-order valence-corrected chi connectivity index (χ3v) is 4.46. The van der Waals surface area contributed by atoms with E-state index in [4.69, 9.17) is 4.74 Å². The largest absolute Gasteiger partial charge is 0.465 e. The summed E-state index contributed by atoms with van der Waals surface area (Å²) in [5, 5.41) is 0. The molecule has 1 unspecified atom stereocenters. The smallest absolute Gasteiger partial charge is 0.328 e. The molecule has 2 rings (SSSR count). The van der Waals surface area contributed by atoms with Crippen LogP contribution in [-0.4, -0.2) is 21.0 Å². The molecule has 0 amide bonds. The third kappa shape index (κ3) is 4.37. The van der Waals surface area contributed by atoms with Crippen LogP contribution in [0, 0.1) is 5.82 Å². The molecule has 0 aliphatic carbocycles. The molecule has 0 saturated carbocycles. The Morgan fingerprint density at radius 1 is 1.17 bits per heavy atom. The predicted molar refractivity (Wildman–Crippen MR) is 82.5 cm³/mol. The Hall–Kier alpha value is -2.25. The minimum Gasteiger partial charge on any atom is -0.465 e. The Morgan fingerprint density at radius 2 is 1.87 bits per heavy atom. The number of sulfonamides is 1. The molecule has 0 heterocycles. The lowest BCUT2D eigenvalue weighted by Crippen LogP contribution is -2.35. The molecule has 2 aromatic rings. The van der Waals surface area contributed by atoms with Crippen LogP contribution in [0.2, 0.25) is 0 Å². The molecule has 2 aromatic carbocycles. The Kier molecular flexibility index (Phi) is 5.46. The molecule has 7 heteroatoms. The number of benzene rings is 2. The lowest BCUT2D eigenvalue weighted by atomic mass is 10.1. The molecule has 0 aliphatic rings. The maximum absolute atomic E-state index is 13.3. The Labute approximate surface area is 134 Å². The molecule has 1 atom stereocenters. The molecule has 0 spiro atoms. The van der Waals surface area contributed by atoms with E-state index in [0.29, 0.717) is 5.56 Å². The number of ether oxygens (including phenoxy) is 1. The summed E-state index contributed by atoms with van der Waals surface area (Å²) in [5.41, 5.74) is 0.436. The van der Waals surface area contributed by atoms with E-state index in [1.54, 1.807) is 37.3 Å². The zero-order chi connectivity index (χ0) is 16.9. The van der Waals surface area contributed by atoms with Crippen LogP contribution in [0.5, 0.6) is 0 Å². The fourth-order valence-electron chi connectivity index (χ4n) is 1.98. The van der Waals surface area contributed by atoms with Gasteiger partial charge in [0.2, 0.25) is 10.0 Å². The molecular formula is C16H16FNO4S. The van der Waals surface area contributed by atoms with Gasteiger partial charge in [0, 0.05) is 0 Å². The lowest BCUT2D eigenvalue weighted by Gasteiger charge is -2.17. The maximum Gasteiger partial charge on any atom is 0.328 e. The molecule has 0 aliphatic heterocycles. The monoisotopic (exact) mass is 337 g/mol. The topological polar surface area (TPSA) is 72.5 Å². The summed E-state index contributed by atoms with van der Waals surface area (Å²) in [7, 11) is -4.08. The fraction of sp³-hybridized carbons (Fsp3) is 0.188. The number of rotatable bonds is 6. The van der Waals surface area contributed by atoms with Crippen LogP contribution in [0.3, 0.4) is 0 Å². The highest BCUT2D eigenvalue weighted by Gasteiger charge is 2.28. The number of hydrogen-bond acceptors (Lipinski definition) is 4. The summed E-state index contributed by atoms with van der Waals surface area (Å²) in [6, 6.07) is 11.7. The second kappa shape index (κ2) is 7.34. The van der Waals surface area contributed by atoms with Gasteiger partial charge in [-0.05, 0) is 30.7 Å². The van der Waals surface area contributed by atoms with Gasteiger partial charge >= 0.3 is 5.97 Å². The van der Waals surface area contributed by atoms with E-state index < -0.39 is 27.9 Å². The highest BCUT2D eigenvalue weighted by molar-refractivity contribution is 7.89. The van der Waals surface area contributed by atoms with Crippen molar-refractivity contribution in [1.82, 2.24) is 4.72 Å². The van der Waals surface area contributed by atoms with E-state index in [-0.39, 0.29) is 11.5 Å². The quantitative estimate of drug-likeness (QED) is 0.822. The second-order valence-electron chi connectivity index (χ2n) is 4.67. The summed E-state index contributed by atoms with van der Waals surface area (Å²) in [6.45, 7) is 1.74. The van der Waals surface area contributed by atoms with Crippen molar-refractivity contribution in [3.8, 4) is 0 Å². The van der Waals surface area contributed by atoms with Gasteiger partial charge in [0.1, 0.15) is 11.9 Å². The average molecular weight is 337 g/mol. The van der Waals surface area contributed by atoms with Crippen LogP contribution >= 0.6 is 0 Å². The van der Waals surface area contributed by atoms with Crippen LogP contribution in [0.1, 0.15) is 18.5 Å². The van der Waals surface area contributed by atoms with E-state index in [2.05, 4.69) is 4.72 Å². The van der Waals surface area contributed by atoms with Crippen molar-refractivity contribution in [2.45, 2.75) is 17.9 Å². The number of esters is 1. The summed E-state index contributed by atoms with van der Waals surface area (Å²) in [4.78, 5) is 11.8. The molecule has 0 aromatic heterocycles. The summed E-state index contributed by atoms with van der Waals surface area (Å²) >= 11 is 0. The highest BCUT2D eigenvalue weighted by Crippen LogP contribution is 2.19. The first kappa shape index (κ1) is 17.1. The number of hydrogen-bond donors (Lipinski definition) is 1. The first-order valence-corrected chi connectivity index (χ1v) is 8.42. The summed E-state index contributed by atoms with van der Waals surface area (Å²) in [5.74, 6) is -1.40. The number of nitrogens with one attached hydrogen (secondary N) is 1. The number of carbonyl (C=O) groups excluding carboxylic acids is 1. The minimum absolute atomic E-state index is 0.115. The van der Waals surface area contributed by atoms with Crippen molar-refractivity contribution in [3.63, 3.8) is 0 Å². The Bertz CT molecular complexity index is 778. The number of halogens is 1.